The Hall–Kier alpha value is -2.51. The lowest BCUT2D eigenvalue weighted by Crippen LogP contribution is -2.45. The second-order valence-corrected chi connectivity index (χ2v) is 6.96. The highest BCUT2D eigenvalue weighted by atomic mass is 16.7. The standard InChI is InChI=1S/C20H24N4O3/c1-15-4-2-3-5-16(15)12-23-19(25)17-13-22-18(14-21-17)24-8-6-20(7-9-24)26-10-11-27-20/h2-5,13-14H,6-12H2,1H3,(H,23,25). The molecule has 2 aromatic rings. The van der Waals surface area contributed by atoms with Crippen molar-refractivity contribution in [2.75, 3.05) is 31.2 Å². The third-order valence-corrected chi connectivity index (χ3v) is 5.23. The van der Waals surface area contributed by atoms with E-state index in [1.165, 1.54) is 6.20 Å². The Bertz CT molecular complexity index is 793. The maximum atomic E-state index is 12.3. The second-order valence-electron chi connectivity index (χ2n) is 6.96. The average molecular weight is 368 g/mol. The molecule has 142 valence electrons. The van der Waals surface area contributed by atoms with E-state index in [9.17, 15) is 4.79 Å². The summed E-state index contributed by atoms with van der Waals surface area (Å²) in [5.41, 5.74) is 2.56. The normalized spacial score (nSPS) is 18.6. The molecule has 1 spiro atoms. The van der Waals surface area contributed by atoms with E-state index in [-0.39, 0.29) is 5.91 Å². The molecule has 1 amide bonds. The van der Waals surface area contributed by atoms with Crippen LogP contribution in [0.5, 0.6) is 0 Å². The summed E-state index contributed by atoms with van der Waals surface area (Å²) in [5, 5.41) is 2.90. The molecule has 0 unspecified atom stereocenters. The van der Waals surface area contributed by atoms with Crippen LogP contribution in [0.25, 0.3) is 0 Å². The van der Waals surface area contributed by atoms with Crippen molar-refractivity contribution in [2.45, 2.75) is 32.1 Å². The summed E-state index contributed by atoms with van der Waals surface area (Å²) < 4.78 is 11.5. The third-order valence-electron chi connectivity index (χ3n) is 5.23. The van der Waals surface area contributed by atoms with Crippen LogP contribution in [0.15, 0.2) is 36.7 Å². The molecule has 7 heteroatoms. The Balaban J connectivity index is 1.33. The first-order chi connectivity index (χ1) is 13.2. The maximum absolute atomic E-state index is 12.3. The number of ether oxygens (including phenoxy) is 2. The Morgan fingerprint density at radius 2 is 1.89 bits per heavy atom. The SMILES string of the molecule is Cc1ccccc1CNC(=O)c1cnc(N2CCC3(CC2)OCCO3)cn1. The van der Waals surface area contributed by atoms with Crippen LogP contribution in [-0.2, 0) is 16.0 Å². The van der Waals surface area contributed by atoms with Crippen LogP contribution in [0.1, 0.15) is 34.5 Å². The number of hydrogen-bond acceptors (Lipinski definition) is 6. The van der Waals surface area contributed by atoms with E-state index in [2.05, 4.69) is 20.2 Å². The molecule has 27 heavy (non-hydrogen) atoms. The lowest BCUT2D eigenvalue weighted by Gasteiger charge is -2.37. The zero-order chi connectivity index (χ0) is 18.7. The molecule has 1 aromatic carbocycles. The van der Waals surface area contributed by atoms with E-state index in [4.69, 9.17) is 9.47 Å². The molecule has 0 atom stereocenters. The number of hydrogen-bond donors (Lipinski definition) is 1. The lowest BCUT2D eigenvalue weighted by molar-refractivity contribution is -0.169. The van der Waals surface area contributed by atoms with Gasteiger partial charge in [-0.1, -0.05) is 24.3 Å². The maximum Gasteiger partial charge on any atom is 0.271 e. The number of carbonyl (C=O) groups excluding carboxylic acids is 1. The van der Waals surface area contributed by atoms with Crippen molar-refractivity contribution in [2.24, 2.45) is 0 Å². The van der Waals surface area contributed by atoms with Crippen LogP contribution in [0.2, 0.25) is 0 Å². The molecular weight excluding hydrogens is 344 g/mol. The molecular formula is C20H24N4O3. The first-order valence-electron chi connectivity index (χ1n) is 9.33. The Kier molecular flexibility index (Phi) is 5.05. The van der Waals surface area contributed by atoms with Gasteiger partial charge in [0, 0.05) is 32.5 Å². The van der Waals surface area contributed by atoms with Gasteiger partial charge in [0.05, 0.1) is 25.6 Å². The van der Waals surface area contributed by atoms with E-state index < -0.39 is 5.79 Å². The van der Waals surface area contributed by atoms with Crippen LogP contribution in [-0.4, -0.2) is 48.0 Å². The molecule has 7 nitrogen and oxygen atoms in total. The van der Waals surface area contributed by atoms with Gasteiger partial charge in [0.15, 0.2) is 5.79 Å². The van der Waals surface area contributed by atoms with E-state index >= 15 is 0 Å². The van der Waals surface area contributed by atoms with Gasteiger partial charge in [-0.15, -0.1) is 0 Å². The highest BCUT2D eigenvalue weighted by Crippen LogP contribution is 2.32. The zero-order valence-electron chi connectivity index (χ0n) is 15.5. The van der Waals surface area contributed by atoms with Crippen LogP contribution in [0, 0.1) is 6.92 Å². The number of anilines is 1. The van der Waals surface area contributed by atoms with Crippen LogP contribution in [0.3, 0.4) is 0 Å². The number of nitrogens with zero attached hydrogens (tertiary/aromatic N) is 3. The number of benzene rings is 1. The number of aryl methyl sites for hydroxylation is 1. The lowest BCUT2D eigenvalue weighted by atomic mass is 10.0. The van der Waals surface area contributed by atoms with Crippen molar-refractivity contribution < 1.29 is 14.3 Å². The minimum Gasteiger partial charge on any atom is -0.355 e. The topological polar surface area (TPSA) is 76.6 Å². The molecule has 3 heterocycles. The fraction of sp³-hybridized carbons (Fsp3) is 0.450. The minimum absolute atomic E-state index is 0.220. The number of amides is 1. The van der Waals surface area contributed by atoms with Crippen molar-refractivity contribution in [3.8, 4) is 0 Å². The molecule has 2 aliphatic heterocycles. The minimum atomic E-state index is -0.403. The summed E-state index contributed by atoms with van der Waals surface area (Å²) in [5.74, 6) is 0.153. The van der Waals surface area contributed by atoms with Crippen molar-refractivity contribution >= 4 is 11.7 Å². The van der Waals surface area contributed by atoms with Crippen LogP contribution in [0.4, 0.5) is 5.82 Å². The summed E-state index contributed by atoms with van der Waals surface area (Å²) in [6.07, 6.45) is 4.83. The van der Waals surface area contributed by atoms with Crippen molar-refractivity contribution in [1.82, 2.24) is 15.3 Å². The van der Waals surface area contributed by atoms with E-state index in [0.717, 1.165) is 42.9 Å². The molecule has 2 fully saturated rings. The van der Waals surface area contributed by atoms with Gasteiger partial charge in [0.1, 0.15) is 11.5 Å². The Labute approximate surface area is 158 Å². The first-order valence-corrected chi connectivity index (χ1v) is 9.33. The van der Waals surface area contributed by atoms with Gasteiger partial charge >= 0.3 is 0 Å². The summed E-state index contributed by atoms with van der Waals surface area (Å²) in [6, 6.07) is 7.98. The summed E-state index contributed by atoms with van der Waals surface area (Å²) in [6.45, 7) is 5.45. The largest absolute Gasteiger partial charge is 0.355 e. The molecule has 1 N–H and O–H groups in total. The van der Waals surface area contributed by atoms with Crippen molar-refractivity contribution in [3.63, 3.8) is 0 Å². The van der Waals surface area contributed by atoms with Crippen molar-refractivity contribution in [3.05, 3.63) is 53.5 Å². The number of piperidine rings is 1. The summed E-state index contributed by atoms with van der Waals surface area (Å²) in [4.78, 5) is 23.2. The van der Waals surface area contributed by atoms with Crippen LogP contribution < -0.4 is 10.2 Å². The predicted molar refractivity (Wildman–Crippen MR) is 100 cm³/mol. The van der Waals surface area contributed by atoms with E-state index in [1.807, 2.05) is 31.2 Å². The smallest absolute Gasteiger partial charge is 0.271 e. The van der Waals surface area contributed by atoms with Gasteiger partial charge in [-0.2, -0.15) is 0 Å². The number of nitrogens with one attached hydrogen (secondary N) is 1. The van der Waals surface area contributed by atoms with Gasteiger partial charge in [-0.3, -0.25) is 4.79 Å². The Morgan fingerprint density at radius 3 is 2.56 bits per heavy atom. The van der Waals surface area contributed by atoms with Crippen LogP contribution >= 0.6 is 0 Å². The molecule has 1 aromatic heterocycles. The second kappa shape index (κ2) is 7.62. The number of aromatic nitrogens is 2. The van der Waals surface area contributed by atoms with Gasteiger partial charge in [0.25, 0.3) is 5.91 Å². The first kappa shape index (κ1) is 17.9. The fourth-order valence-electron chi connectivity index (χ4n) is 3.54. The molecule has 0 bridgehead atoms. The molecule has 0 radical (unpaired) electrons. The van der Waals surface area contributed by atoms with Crippen molar-refractivity contribution in [1.29, 1.82) is 0 Å². The highest BCUT2D eigenvalue weighted by Gasteiger charge is 2.40. The van der Waals surface area contributed by atoms with Gasteiger partial charge < -0.3 is 19.7 Å². The molecule has 0 saturated carbocycles. The molecule has 4 rings (SSSR count). The van der Waals surface area contributed by atoms with Gasteiger partial charge in [-0.25, -0.2) is 9.97 Å². The van der Waals surface area contributed by atoms with Gasteiger partial charge in [0.2, 0.25) is 0 Å². The summed E-state index contributed by atoms with van der Waals surface area (Å²) >= 11 is 0. The highest BCUT2D eigenvalue weighted by molar-refractivity contribution is 5.92. The monoisotopic (exact) mass is 368 g/mol. The third kappa shape index (κ3) is 3.94. The molecule has 2 saturated heterocycles. The van der Waals surface area contributed by atoms with E-state index in [0.29, 0.717) is 25.5 Å². The predicted octanol–water partition coefficient (Wildman–Crippen LogP) is 2.06. The molecule has 0 aliphatic carbocycles. The summed E-state index contributed by atoms with van der Waals surface area (Å²) in [7, 11) is 0. The Morgan fingerprint density at radius 1 is 1.15 bits per heavy atom. The quantitative estimate of drug-likeness (QED) is 0.890. The van der Waals surface area contributed by atoms with Gasteiger partial charge in [-0.05, 0) is 18.1 Å². The number of carbonyl (C=O) groups is 1. The number of rotatable bonds is 4. The molecule has 2 aliphatic rings. The zero-order valence-corrected chi connectivity index (χ0v) is 15.5. The fourth-order valence-corrected chi connectivity index (χ4v) is 3.54. The average Bonchev–Trinajstić information content (AvgIpc) is 3.16. The van der Waals surface area contributed by atoms with E-state index in [1.54, 1.807) is 6.20 Å².